The highest BCUT2D eigenvalue weighted by atomic mass is 32.1. The molecule has 0 aliphatic carbocycles. The molecule has 0 radical (unpaired) electrons. The summed E-state index contributed by atoms with van der Waals surface area (Å²) in [5.74, 6) is 0. The monoisotopic (exact) mass is 250 g/mol. The lowest BCUT2D eigenvalue weighted by Gasteiger charge is -2.12. The van der Waals surface area contributed by atoms with Crippen LogP contribution < -0.4 is 5.73 Å². The van der Waals surface area contributed by atoms with E-state index >= 15 is 0 Å². The van der Waals surface area contributed by atoms with Crippen LogP contribution in [0.1, 0.15) is 24.4 Å². The number of aromatic nitrogens is 3. The number of ether oxygens (including phenoxy) is 1. The quantitative estimate of drug-likeness (QED) is 0.786. The Morgan fingerprint density at radius 2 is 2.25 bits per heavy atom. The van der Waals surface area contributed by atoms with Crippen molar-refractivity contribution in [2.75, 3.05) is 7.11 Å². The van der Waals surface area contributed by atoms with E-state index in [1.54, 1.807) is 6.92 Å². The molecule has 0 saturated carbocycles. The molecule has 16 heavy (non-hydrogen) atoms. The van der Waals surface area contributed by atoms with Crippen molar-refractivity contribution in [1.82, 2.24) is 15.0 Å². The highest BCUT2D eigenvalue weighted by Gasteiger charge is 2.22. The summed E-state index contributed by atoms with van der Waals surface area (Å²) in [6, 6.07) is 0. The van der Waals surface area contributed by atoms with Gasteiger partial charge in [-0.25, -0.2) is 13.5 Å². The average molecular weight is 250 g/mol. The smallest absolute Gasteiger partial charge is 0.257 e. The molecule has 0 saturated heterocycles. The number of nitrogens with two attached hydrogens (primary N) is 1. The van der Waals surface area contributed by atoms with Crippen molar-refractivity contribution >= 4 is 17.2 Å². The van der Waals surface area contributed by atoms with E-state index in [0.717, 1.165) is 4.68 Å². The molecule has 1 heterocycles. The standard InChI is InChI=1S/C8H12F2N4OS/c1-4(15-2)7-6(8(11)16)12-13-14(7)3-5(9)10/h4-5H,3H2,1-2H3,(H2,11,16). The predicted molar refractivity (Wildman–Crippen MR) is 57.3 cm³/mol. The van der Waals surface area contributed by atoms with Crippen LogP contribution in [0.5, 0.6) is 0 Å². The van der Waals surface area contributed by atoms with Crippen LogP contribution in [0.25, 0.3) is 0 Å². The van der Waals surface area contributed by atoms with Gasteiger partial charge in [-0.1, -0.05) is 17.4 Å². The summed E-state index contributed by atoms with van der Waals surface area (Å²) in [6.45, 7) is 1.13. The third kappa shape index (κ3) is 2.70. The van der Waals surface area contributed by atoms with Gasteiger partial charge >= 0.3 is 0 Å². The van der Waals surface area contributed by atoms with Crippen LogP contribution >= 0.6 is 12.2 Å². The third-order valence-corrected chi connectivity index (χ3v) is 2.25. The Kier molecular flexibility index (Phi) is 4.25. The molecule has 1 aromatic rings. The summed E-state index contributed by atoms with van der Waals surface area (Å²) in [7, 11) is 1.45. The van der Waals surface area contributed by atoms with Crippen molar-refractivity contribution in [2.24, 2.45) is 5.73 Å². The molecular formula is C8H12F2N4OS. The lowest BCUT2D eigenvalue weighted by molar-refractivity contribution is 0.0938. The van der Waals surface area contributed by atoms with E-state index in [1.807, 2.05) is 0 Å². The van der Waals surface area contributed by atoms with Crippen LogP contribution in [0.4, 0.5) is 8.78 Å². The molecule has 2 N–H and O–H groups in total. The Balaban J connectivity index is 3.14. The van der Waals surface area contributed by atoms with Gasteiger partial charge in [0.2, 0.25) is 0 Å². The van der Waals surface area contributed by atoms with Gasteiger partial charge in [-0.3, -0.25) is 0 Å². The van der Waals surface area contributed by atoms with Crippen molar-refractivity contribution in [3.63, 3.8) is 0 Å². The van der Waals surface area contributed by atoms with E-state index in [0.29, 0.717) is 5.69 Å². The van der Waals surface area contributed by atoms with Gasteiger partial charge in [-0.2, -0.15) is 0 Å². The molecule has 8 heteroatoms. The Hall–Kier alpha value is -1.15. The zero-order valence-corrected chi connectivity index (χ0v) is 9.67. The second-order valence-electron chi connectivity index (χ2n) is 3.14. The van der Waals surface area contributed by atoms with Crippen molar-refractivity contribution in [1.29, 1.82) is 0 Å². The molecule has 0 fully saturated rings. The molecule has 1 rings (SSSR count). The van der Waals surface area contributed by atoms with E-state index in [-0.39, 0.29) is 10.7 Å². The normalized spacial score (nSPS) is 13.1. The molecule has 90 valence electrons. The Morgan fingerprint density at radius 3 is 2.69 bits per heavy atom. The highest BCUT2D eigenvalue weighted by Crippen LogP contribution is 2.19. The first kappa shape index (κ1) is 12.9. The van der Waals surface area contributed by atoms with Crippen LogP contribution in [-0.2, 0) is 11.3 Å². The van der Waals surface area contributed by atoms with Crippen molar-refractivity contribution in [2.45, 2.75) is 26.0 Å². The minimum Gasteiger partial charge on any atom is -0.388 e. The van der Waals surface area contributed by atoms with Gasteiger partial charge in [0.1, 0.15) is 17.2 Å². The summed E-state index contributed by atoms with van der Waals surface area (Å²) in [4.78, 5) is 0.0133. The number of rotatable bonds is 5. The number of methoxy groups -OCH3 is 1. The molecule has 1 aromatic heterocycles. The molecule has 0 bridgehead atoms. The Bertz CT molecular complexity index is 382. The molecule has 0 spiro atoms. The van der Waals surface area contributed by atoms with Crippen LogP contribution in [-0.4, -0.2) is 33.5 Å². The summed E-state index contributed by atoms with van der Waals surface area (Å²) in [5.41, 5.74) is 6.02. The maximum Gasteiger partial charge on any atom is 0.257 e. The number of thiocarbonyl (C=S) groups is 1. The number of halogens is 2. The van der Waals surface area contributed by atoms with E-state index in [9.17, 15) is 8.78 Å². The number of hydrogen-bond donors (Lipinski definition) is 1. The number of nitrogens with zero attached hydrogens (tertiary/aromatic N) is 3. The summed E-state index contributed by atoms with van der Waals surface area (Å²) < 4.78 is 30.7. The molecule has 0 aromatic carbocycles. The molecule has 1 atom stereocenters. The van der Waals surface area contributed by atoms with E-state index in [4.69, 9.17) is 22.7 Å². The fraction of sp³-hybridized carbons (Fsp3) is 0.625. The van der Waals surface area contributed by atoms with Gasteiger partial charge < -0.3 is 10.5 Å². The van der Waals surface area contributed by atoms with Crippen LogP contribution in [0.3, 0.4) is 0 Å². The van der Waals surface area contributed by atoms with E-state index in [2.05, 4.69) is 10.3 Å². The van der Waals surface area contributed by atoms with Gasteiger partial charge in [0.05, 0.1) is 11.8 Å². The minimum atomic E-state index is -2.52. The largest absolute Gasteiger partial charge is 0.388 e. The zero-order chi connectivity index (χ0) is 12.3. The average Bonchev–Trinajstić information content (AvgIpc) is 2.59. The lowest BCUT2D eigenvalue weighted by atomic mass is 10.2. The lowest BCUT2D eigenvalue weighted by Crippen LogP contribution is -2.18. The molecule has 0 aliphatic rings. The van der Waals surface area contributed by atoms with Crippen molar-refractivity contribution in [3.8, 4) is 0 Å². The fourth-order valence-corrected chi connectivity index (χ4v) is 1.42. The van der Waals surface area contributed by atoms with Crippen molar-refractivity contribution < 1.29 is 13.5 Å². The molecule has 0 amide bonds. The van der Waals surface area contributed by atoms with Gasteiger partial charge in [-0.05, 0) is 6.92 Å². The first-order valence-electron chi connectivity index (χ1n) is 4.51. The van der Waals surface area contributed by atoms with Crippen LogP contribution in [0, 0.1) is 0 Å². The molecule has 1 unspecified atom stereocenters. The first-order chi connectivity index (χ1) is 7.47. The Labute approximate surface area is 96.6 Å². The summed E-state index contributed by atoms with van der Waals surface area (Å²) >= 11 is 4.76. The van der Waals surface area contributed by atoms with Crippen LogP contribution in [0.15, 0.2) is 0 Å². The molecular weight excluding hydrogens is 238 g/mol. The number of alkyl halides is 2. The molecule has 0 aliphatic heterocycles. The second-order valence-corrected chi connectivity index (χ2v) is 3.58. The van der Waals surface area contributed by atoms with Gasteiger partial charge in [-0.15, -0.1) is 5.10 Å². The van der Waals surface area contributed by atoms with Gasteiger partial charge in [0, 0.05) is 7.11 Å². The topological polar surface area (TPSA) is 66.0 Å². The summed E-state index contributed by atoms with van der Waals surface area (Å²) in [6.07, 6.45) is -2.98. The summed E-state index contributed by atoms with van der Waals surface area (Å²) in [5, 5.41) is 7.26. The fourth-order valence-electron chi connectivity index (χ4n) is 1.28. The molecule has 5 nitrogen and oxygen atoms in total. The van der Waals surface area contributed by atoms with Crippen LogP contribution in [0.2, 0.25) is 0 Å². The van der Waals surface area contributed by atoms with E-state index < -0.39 is 19.1 Å². The van der Waals surface area contributed by atoms with Gasteiger partial charge in [0.15, 0.2) is 0 Å². The zero-order valence-electron chi connectivity index (χ0n) is 8.85. The van der Waals surface area contributed by atoms with Gasteiger partial charge in [0.25, 0.3) is 6.43 Å². The third-order valence-electron chi connectivity index (χ3n) is 2.06. The second kappa shape index (κ2) is 5.26. The maximum atomic E-state index is 12.3. The predicted octanol–water partition coefficient (Wildman–Crippen LogP) is 0.885. The SMILES string of the molecule is COC(C)c1c(C(N)=S)nnn1CC(F)F. The first-order valence-corrected chi connectivity index (χ1v) is 4.92. The van der Waals surface area contributed by atoms with E-state index in [1.165, 1.54) is 7.11 Å². The maximum absolute atomic E-state index is 12.3. The Morgan fingerprint density at radius 1 is 1.62 bits per heavy atom. The minimum absolute atomic E-state index is 0.0133. The number of hydrogen-bond acceptors (Lipinski definition) is 4. The van der Waals surface area contributed by atoms with Crippen molar-refractivity contribution in [3.05, 3.63) is 11.4 Å². The highest BCUT2D eigenvalue weighted by molar-refractivity contribution is 7.80.